The van der Waals surface area contributed by atoms with Crippen LogP contribution < -0.4 is 16.4 Å². The van der Waals surface area contributed by atoms with E-state index in [4.69, 9.17) is 17.3 Å². The molecular weight excluding hydrogens is 302 g/mol. The quantitative estimate of drug-likeness (QED) is 0.786. The Kier molecular flexibility index (Phi) is 5.08. The van der Waals surface area contributed by atoms with Gasteiger partial charge in [-0.25, -0.2) is 0 Å². The zero-order valence-corrected chi connectivity index (χ0v) is 13.6. The van der Waals surface area contributed by atoms with E-state index in [1.807, 2.05) is 6.92 Å². The molecule has 1 saturated heterocycles. The highest BCUT2D eigenvalue weighted by atomic mass is 35.5. The van der Waals surface area contributed by atoms with Gasteiger partial charge in [-0.1, -0.05) is 23.7 Å². The van der Waals surface area contributed by atoms with Crippen LogP contribution in [0, 0.1) is 5.92 Å². The number of carbonyl (C=O) groups is 2. The van der Waals surface area contributed by atoms with E-state index in [1.54, 1.807) is 31.2 Å². The number of rotatable bonds is 4. The smallest absolute Gasteiger partial charge is 0.247 e. The average Bonchev–Trinajstić information content (AvgIpc) is 2.46. The molecule has 1 heterocycles. The third-order valence-corrected chi connectivity index (χ3v) is 4.50. The summed E-state index contributed by atoms with van der Waals surface area (Å²) in [4.78, 5) is 24.5. The standard InChI is InChI=1S/C16H22ClN3O2/c1-10-8-11(6-7-19-10)14(21)20-16(2,15(18)22)12-4-3-5-13(17)9-12/h3-5,9-11,19H,6-8H2,1-2H3,(H2,18,22)(H,20,21)/t10-,11-,16?/m0/s1. The Morgan fingerprint density at radius 1 is 1.45 bits per heavy atom. The molecule has 2 rings (SSSR count). The van der Waals surface area contributed by atoms with E-state index in [9.17, 15) is 9.59 Å². The number of halogens is 1. The van der Waals surface area contributed by atoms with E-state index < -0.39 is 11.4 Å². The third kappa shape index (κ3) is 3.59. The van der Waals surface area contributed by atoms with Gasteiger partial charge < -0.3 is 16.4 Å². The van der Waals surface area contributed by atoms with Gasteiger partial charge in [-0.15, -0.1) is 0 Å². The van der Waals surface area contributed by atoms with Crippen LogP contribution in [0.3, 0.4) is 0 Å². The van der Waals surface area contributed by atoms with Gasteiger partial charge in [0, 0.05) is 17.0 Å². The van der Waals surface area contributed by atoms with Crippen LogP contribution in [0.15, 0.2) is 24.3 Å². The number of hydrogen-bond acceptors (Lipinski definition) is 3. The van der Waals surface area contributed by atoms with Crippen molar-refractivity contribution in [3.05, 3.63) is 34.9 Å². The zero-order valence-electron chi connectivity index (χ0n) is 12.9. The van der Waals surface area contributed by atoms with Crippen LogP contribution >= 0.6 is 11.6 Å². The number of hydrogen-bond donors (Lipinski definition) is 3. The number of primary amides is 1. The molecule has 1 aliphatic rings. The van der Waals surface area contributed by atoms with E-state index >= 15 is 0 Å². The first-order valence-corrected chi connectivity index (χ1v) is 7.82. The number of amides is 2. The first-order valence-electron chi connectivity index (χ1n) is 7.44. The molecule has 120 valence electrons. The summed E-state index contributed by atoms with van der Waals surface area (Å²) in [6.45, 7) is 4.46. The van der Waals surface area contributed by atoms with Crippen LogP contribution in [0.2, 0.25) is 5.02 Å². The Labute approximate surface area is 135 Å². The van der Waals surface area contributed by atoms with E-state index in [0.29, 0.717) is 10.6 Å². The summed E-state index contributed by atoms with van der Waals surface area (Å²) in [5.41, 5.74) is 4.87. The van der Waals surface area contributed by atoms with Crippen LogP contribution in [0.5, 0.6) is 0 Å². The molecule has 1 fully saturated rings. The van der Waals surface area contributed by atoms with Crippen LogP contribution in [0.25, 0.3) is 0 Å². The Hall–Kier alpha value is -1.59. The van der Waals surface area contributed by atoms with Crippen molar-refractivity contribution in [2.75, 3.05) is 6.54 Å². The predicted octanol–water partition coefficient (Wildman–Crippen LogP) is 1.54. The molecular formula is C16H22ClN3O2. The summed E-state index contributed by atoms with van der Waals surface area (Å²) in [5.74, 6) is -0.867. The topological polar surface area (TPSA) is 84.2 Å². The monoisotopic (exact) mass is 323 g/mol. The molecule has 0 radical (unpaired) electrons. The fraction of sp³-hybridized carbons (Fsp3) is 0.500. The van der Waals surface area contributed by atoms with Crippen LogP contribution in [0.1, 0.15) is 32.3 Å². The lowest BCUT2D eigenvalue weighted by atomic mass is 9.87. The third-order valence-electron chi connectivity index (χ3n) is 4.26. The molecule has 0 aliphatic carbocycles. The maximum Gasteiger partial charge on any atom is 0.247 e. The Balaban J connectivity index is 2.21. The van der Waals surface area contributed by atoms with E-state index in [1.165, 1.54) is 0 Å². The molecule has 1 aromatic rings. The number of nitrogens with two attached hydrogens (primary N) is 1. The van der Waals surface area contributed by atoms with Crippen LogP contribution in [-0.4, -0.2) is 24.4 Å². The molecule has 2 amide bonds. The first-order chi connectivity index (χ1) is 10.3. The highest BCUT2D eigenvalue weighted by molar-refractivity contribution is 6.30. The van der Waals surface area contributed by atoms with Crippen LogP contribution in [0.4, 0.5) is 0 Å². The van der Waals surface area contributed by atoms with Crippen molar-refractivity contribution in [1.29, 1.82) is 0 Å². The normalized spacial score (nSPS) is 24.3. The molecule has 0 saturated carbocycles. The molecule has 1 aliphatic heterocycles. The van der Waals surface area contributed by atoms with E-state index in [2.05, 4.69) is 10.6 Å². The minimum absolute atomic E-state index is 0.117. The fourth-order valence-electron chi connectivity index (χ4n) is 2.79. The number of piperidine rings is 1. The molecule has 0 aromatic heterocycles. The van der Waals surface area contributed by atoms with Gasteiger partial charge in [-0.2, -0.15) is 0 Å². The molecule has 22 heavy (non-hydrogen) atoms. The number of benzene rings is 1. The fourth-order valence-corrected chi connectivity index (χ4v) is 2.98. The lowest BCUT2D eigenvalue weighted by Gasteiger charge is -2.33. The summed E-state index contributed by atoms with van der Waals surface area (Å²) >= 11 is 5.99. The molecule has 1 unspecified atom stereocenters. The molecule has 0 bridgehead atoms. The largest absolute Gasteiger partial charge is 0.367 e. The van der Waals surface area contributed by atoms with Gasteiger partial charge in [0.2, 0.25) is 11.8 Å². The highest BCUT2D eigenvalue weighted by Gasteiger charge is 2.37. The van der Waals surface area contributed by atoms with Crippen molar-refractivity contribution in [2.24, 2.45) is 11.7 Å². The Morgan fingerprint density at radius 2 is 2.18 bits per heavy atom. The molecule has 1 aromatic carbocycles. The zero-order chi connectivity index (χ0) is 16.3. The van der Waals surface area contributed by atoms with Crippen molar-refractivity contribution in [2.45, 2.75) is 38.3 Å². The molecule has 6 heteroatoms. The lowest BCUT2D eigenvalue weighted by Crippen LogP contribution is -2.55. The predicted molar refractivity (Wildman–Crippen MR) is 86.3 cm³/mol. The van der Waals surface area contributed by atoms with Crippen molar-refractivity contribution in [3.8, 4) is 0 Å². The Morgan fingerprint density at radius 3 is 2.77 bits per heavy atom. The minimum atomic E-state index is -1.27. The van der Waals surface area contributed by atoms with Gasteiger partial charge in [0.15, 0.2) is 0 Å². The summed E-state index contributed by atoms with van der Waals surface area (Å²) < 4.78 is 0. The highest BCUT2D eigenvalue weighted by Crippen LogP contribution is 2.25. The number of carbonyl (C=O) groups excluding carboxylic acids is 2. The summed E-state index contributed by atoms with van der Waals surface area (Å²) in [5, 5.41) is 6.62. The van der Waals surface area contributed by atoms with Crippen molar-refractivity contribution in [3.63, 3.8) is 0 Å². The van der Waals surface area contributed by atoms with Crippen molar-refractivity contribution < 1.29 is 9.59 Å². The average molecular weight is 324 g/mol. The second kappa shape index (κ2) is 6.67. The van der Waals surface area contributed by atoms with Gasteiger partial charge in [0.25, 0.3) is 0 Å². The molecule has 5 nitrogen and oxygen atoms in total. The summed E-state index contributed by atoms with van der Waals surface area (Å²) in [7, 11) is 0. The summed E-state index contributed by atoms with van der Waals surface area (Å²) in [6, 6.07) is 7.12. The molecule has 0 spiro atoms. The minimum Gasteiger partial charge on any atom is -0.367 e. The summed E-state index contributed by atoms with van der Waals surface area (Å²) in [6.07, 6.45) is 1.50. The van der Waals surface area contributed by atoms with Gasteiger partial charge in [0.1, 0.15) is 5.54 Å². The van der Waals surface area contributed by atoms with Gasteiger partial charge in [-0.3, -0.25) is 9.59 Å². The van der Waals surface area contributed by atoms with Crippen molar-refractivity contribution in [1.82, 2.24) is 10.6 Å². The van der Waals surface area contributed by atoms with Crippen LogP contribution in [-0.2, 0) is 15.1 Å². The Bertz CT molecular complexity index is 578. The van der Waals surface area contributed by atoms with Gasteiger partial charge in [-0.05, 0) is 50.9 Å². The van der Waals surface area contributed by atoms with Gasteiger partial charge in [0.05, 0.1) is 0 Å². The maximum atomic E-state index is 12.5. The van der Waals surface area contributed by atoms with Gasteiger partial charge >= 0.3 is 0 Å². The van der Waals surface area contributed by atoms with E-state index in [0.717, 1.165) is 19.4 Å². The number of nitrogens with one attached hydrogen (secondary N) is 2. The second-order valence-corrected chi connectivity index (χ2v) is 6.50. The second-order valence-electron chi connectivity index (χ2n) is 6.07. The maximum absolute atomic E-state index is 12.5. The van der Waals surface area contributed by atoms with Crippen molar-refractivity contribution >= 4 is 23.4 Å². The lowest BCUT2D eigenvalue weighted by molar-refractivity contribution is -0.134. The van der Waals surface area contributed by atoms with E-state index in [-0.39, 0.29) is 17.9 Å². The first kappa shape index (κ1) is 16.8. The SMILES string of the molecule is C[C@H]1C[C@@H](C(=O)NC(C)(C(N)=O)c2cccc(Cl)c2)CCN1. The molecule has 3 atom stereocenters. The molecule has 4 N–H and O–H groups in total.